The van der Waals surface area contributed by atoms with E-state index in [0.29, 0.717) is 5.92 Å². The summed E-state index contributed by atoms with van der Waals surface area (Å²) in [5.41, 5.74) is 6.19. The van der Waals surface area contributed by atoms with Crippen LogP contribution in [0.2, 0.25) is 0 Å². The van der Waals surface area contributed by atoms with E-state index in [0.717, 1.165) is 18.3 Å². The van der Waals surface area contributed by atoms with Crippen molar-refractivity contribution in [1.82, 2.24) is 0 Å². The van der Waals surface area contributed by atoms with Gasteiger partial charge in [0.2, 0.25) is 0 Å². The third kappa shape index (κ3) is 0.953. The van der Waals surface area contributed by atoms with Crippen LogP contribution in [0.15, 0.2) is 42.0 Å². The number of hydrogen-bond donors (Lipinski definition) is 0. The van der Waals surface area contributed by atoms with Crippen molar-refractivity contribution in [3.05, 3.63) is 60.0 Å². The van der Waals surface area contributed by atoms with Crippen LogP contribution >= 0.6 is 0 Å². The summed E-state index contributed by atoms with van der Waals surface area (Å²) in [5, 5.41) is 0. The predicted molar refractivity (Wildman–Crippen MR) is 66.8 cm³/mol. The Labute approximate surface area is 96.7 Å². The molecule has 0 nitrogen and oxygen atoms in total. The van der Waals surface area contributed by atoms with Crippen LogP contribution in [0.4, 0.5) is 0 Å². The van der Waals surface area contributed by atoms with E-state index < -0.39 is 0 Å². The summed E-state index contributed by atoms with van der Waals surface area (Å²) in [5.74, 6) is 2.30. The molecule has 1 radical (unpaired) electrons. The lowest BCUT2D eigenvalue weighted by atomic mass is 9.88. The second-order valence-electron chi connectivity index (χ2n) is 5.16. The molecule has 3 atom stereocenters. The van der Waals surface area contributed by atoms with Gasteiger partial charge in [0.15, 0.2) is 0 Å². The molecule has 0 aromatic heterocycles. The van der Waals surface area contributed by atoms with Gasteiger partial charge >= 0.3 is 0 Å². The van der Waals surface area contributed by atoms with Gasteiger partial charge in [-0.25, -0.2) is 0 Å². The molecular weight excluding hydrogens is 192 g/mol. The topological polar surface area (TPSA) is 0 Å². The van der Waals surface area contributed by atoms with E-state index in [1.54, 1.807) is 5.57 Å². The number of hydrogen-bond acceptors (Lipinski definition) is 0. The second kappa shape index (κ2) is 2.88. The zero-order chi connectivity index (χ0) is 10.7. The van der Waals surface area contributed by atoms with E-state index in [1.807, 2.05) is 0 Å². The largest absolute Gasteiger partial charge is 0.0802 e. The first kappa shape index (κ1) is 8.81. The van der Waals surface area contributed by atoms with Gasteiger partial charge in [-0.05, 0) is 41.4 Å². The summed E-state index contributed by atoms with van der Waals surface area (Å²) in [4.78, 5) is 0. The fraction of sp³-hybridized carbons (Fsp3) is 0.312. The zero-order valence-electron chi connectivity index (χ0n) is 9.32. The maximum Gasteiger partial charge on any atom is 0.00665 e. The Hall–Kier alpha value is -1.30. The van der Waals surface area contributed by atoms with E-state index in [4.69, 9.17) is 0 Å². The van der Waals surface area contributed by atoms with Gasteiger partial charge in [-0.1, -0.05) is 48.9 Å². The minimum absolute atomic E-state index is 0.603. The highest BCUT2D eigenvalue weighted by Gasteiger charge is 2.46. The van der Waals surface area contributed by atoms with E-state index in [-0.39, 0.29) is 0 Å². The van der Waals surface area contributed by atoms with E-state index in [2.05, 4.69) is 43.3 Å². The SMILES string of the molecule is [CH2]CC1C2=C(C=CC3CC23)c2ccccc21. The van der Waals surface area contributed by atoms with Gasteiger partial charge in [0.05, 0.1) is 0 Å². The molecular formula is C16H15. The van der Waals surface area contributed by atoms with Gasteiger partial charge in [-0.2, -0.15) is 0 Å². The van der Waals surface area contributed by atoms with Crippen LogP contribution in [-0.2, 0) is 0 Å². The molecule has 0 bridgehead atoms. The number of rotatable bonds is 1. The first-order chi connectivity index (χ1) is 7.90. The van der Waals surface area contributed by atoms with E-state index >= 15 is 0 Å². The average Bonchev–Trinajstić information content (AvgIpc) is 3.05. The minimum Gasteiger partial charge on any atom is -0.0802 e. The summed E-state index contributed by atoms with van der Waals surface area (Å²) in [6, 6.07) is 8.87. The molecule has 0 spiro atoms. The monoisotopic (exact) mass is 207 g/mol. The van der Waals surface area contributed by atoms with Crippen molar-refractivity contribution >= 4 is 5.57 Å². The summed E-state index contributed by atoms with van der Waals surface area (Å²) in [6.07, 6.45) is 7.15. The van der Waals surface area contributed by atoms with Gasteiger partial charge in [-0.3, -0.25) is 0 Å². The molecule has 4 rings (SSSR count). The molecule has 3 unspecified atom stereocenters. The van der Waals surface area contributed by atoms with Gasteiger partial charge < -0.3 is 0 Å². The Kier molecular flexibility index (Phi) is 1.59. The summed E-state index contributed by atoms with van der Waals surface area (Å²) < 4.78 is 0. The van der Waals surface area contributed by atoms with Gasteiger partial charge in [-0.15, -0.1) is 0 Å². The molecule has 16 heavy (non-hydrogen) atoms. The van der Waals surface area contributed by atoms with Crippen molar-refractivity contribution in [2.45, 2.75) is 18.8 Å². The zero-order valence-corrected chi connectivity index (χ0v) is 9.32. The third-order valence-electron chi connectivity index (χ3n) is 4.35. The second-order valence-corrected chi connectivity index (χ2v) is 5.16. The minimum atomic E-state index is 0.603. The molecule has 79 valence electrons. The average molecular weight is 207 g/mol. The van der Waals surface area contributed by atoms with Crippen LogP contribution in [-0.4, -0.2) is 0 Å². The summed E-state index contributed by atoms with van der Waals surface area (Å²) >= 11 is 0. The van der Waals surface area contributed by atoms with Crippen LogP contribution in [0.25, 0.3) is 5.57 Å². The third-order valence-corrected chi connectivity index (χ3v) is 4.35. The quantitative estimate of drug-likeness (QED) is 0.653. The molecule has 1 aromatic carbocycles. The van der Waals surface area contributed by atoms with Crippen LogP contribution in [0, 0.1) is 18.8 Å². The molecule has 3 aliphatic rings. The van der Waals surface area contributed by atoms with Crippen molar-refractivity contribution in [3.8, 4) is 0 Å². The number of benzene rings is 1. The fourth-order valence-electron chi connectivity index (χ4n) is 3.52. The van der Waals surface area contributed by atoms with E-state index in [9.17, 15) is 0 Å². The lowest BCUT2D eigenvalue weighted by Gasteiger charge is -2.15. The first-order valence-electron chi connectivity index (χ1n) is 6.21. The number of fused-ring (bicyclic) bond motifs is 4. The summed E-state index contributed by atoms with van der Waals surface area (Å²) in [6.45, 7) is 4.15. The lowest BCUT2D eigenvalue weighted by molar-refractivity contribution is 0.740. The van der Waals surface area contributed by atoms with Crippen LogP contribution in [0.1, 0.15) is 29.9 Å². The van der Waals surface area contributed by atoms with Crippen LogP contribution in [0.3, 0.4) is 0 Å². The van der Waals surface area contributed by atoms with E-state index in [1.165, 1.54) is 23.1 Å². The maximum atomic E-state index is 4.15. The number of allylic oxidation sites excluding steroid dienone is 4. The smallest absolute Gasteiger partial charge is 0.00665 e. The molecule has 0 heterocycles. The van der Waals surface area contributed by atoms with Gasteiger partial charge in [0.1, 0.15) is 0 Å². The molecule has 0 heteroatoms. The highest BCUT2D eigenvalue weighted by Crippen LogP contribution is 2.59. The Morgan fingerprint density at radius 1 is 1.25 bits per heavy atom. The van der Waals surface area contributed by atoms with Crippen molar-refractivity contribution in [2.75, 3.05) is 0 Å². The fourth-order valence-corrected chi connectivity index (χ4v) is 3.52. The molecule has 1 aromatic rings. The Bertz CT molecular complexity index is 519. The normalized spacial score (nSPS) is 33.4. The highest BCUT2D eigenvalue weighted by molar-refractivity contribution is 5.86. The van der Waals surface area contributed by atoms with Crippen molar-refractivity contribution < 1.29 is 0 Å². The Balaban J connectivity index is 1.95. The Morgan fingerprint density at radius 3 is 3.00 bits per heavy atom. The van der Waals surface area contributed by atoms with Crippen LogP contribution < -0.4 is 0 Å². The lowest BCUT2D eigenvalue weighted by Crippen LogP contribution is -2.01. The summed E-state index contributed by atoms with van der Waals surface area (Å²) in [7, 11) is 0. The first-order valence-corrected chi connectivity index (χ1v) is 6.21. The van der Waals surface area contributed by atoms with Gasteiger partial charge in [0.25, 0.3) is 0 Å². The molecule has 0 N–H and O–H groups in total. The van der Waals surface area contributed by atoms with Crippen LogP contribution in [0.5, 0.6) is 0 Å². The van der Waals surface area contributed by atoms with Crippen molar-refractivity contribution in [3.63, 3.8) is 0 Å². The molecule has 1 saturated carbocycles. The standard InChI is InChI=1S/C16H15/c1-2-11-12-5-3-4-6-13(12)14-8-7-10-9-15(10)16(11)14/h3-8,10-11,15H,1-2,9H2. The predicted octanol–water partition coefficient (Wildman–Crippen LogP) is 3.97. The molecule has 1 fully saturated rings. The Morgan fingerprint density at radius 2 is 2.12 bits per heavy atom. The maximum absolute atomic E-state index is 4.15. The van der Waals surface area contributed by atoms with Gasteiger partial charge in [0, 0.05) is 5.92 Å². The van der Waals surface area contributed by atoms with Crippen molar-refractivity contribution in [2.24, 2.45) is 11.8 Å². The molecule has 0 saturated heterocycles. The molecule has 3 aliphatic carbocycles. The highest BCUT2D eigenvalue weighted by atomic mass is 14.5. The molecule has 0 amide bonds. The van der Waals surface area contributed by atoms with Crippen molar-refractivity contribution in [1.29, 1.82) is 0 Å². The molecule has 0 aliphatic heterocycles.